The molecule has 2 aliphatic heterocycles. The first-order chi connectivity index (χ1) is 15.7. The van der Waals surface area contributed by atoms with E-state index in [0.717, 1.165) is 67.6 Å². The van der Waals surface area contributed by atoms with Crippen molar-refractivity contribution in [2.45, 2.75) is 63.6 Å². The minimum atomic E-state index is 0.0253. The quantitative estimate of drug-likeness (QED) is 0.635. The Kier molecular flexibility index (Phi) is 4.97. The number of hydrogen-bond donors (Lipinski definition) is 0. The van der Waals surface area contributed by atoms with Crippen LogP contribution in [0.25, 0.3) is 10.9 Å². The molecule has 8 heteroatoms. The normalized spacial score (nSPS) is 22.5. The fourth-order valence-corrected chi connectivity index (χ4v) is 5.98. The largest absolute Gasteiger partial charge is 0.337 e. The summed E-state index contributed by atoms with van der Waals surface area (Å²) in [6.45, 7) is 4.42. The van der Waals surface area contributed by atoms with Crippen LogP contribution in [0.4, 0.5) is 0 Å². The number of para-hydroxylation sites is 1. The minimum Gasteiger partial charge on any atom is -0.337 e. The lowest BCUT2D eigenvalue weighted by molar-refractivity contribution is 0.0697. The summed E-state index contributed by atoms with van der Waals surface area (Å²) in [5.74, 6) is 2.42. The van der Waals surface area contributed by atoms with Gasteiger partial charge in [0.15, 0.2) is 5.69 Å². The first-order valence-corrected chi connectivity index (χ1v) is 12.1. The molecule has 1 atom stereocenters. The van der Waals surface area contributed by atoms with E-state index < -0.39 is 0 Å². The Bertz CT molecular complexity index is 1140. The Morgan fingerprint density at radius 2 is 1.84 bits per heavy atom. The molecular weight excluding hydrogens is 402 g/mol. The van der Waals surface area contributed by atoms with Gasteiger partial charge in [0.05, 0.1) is 12.1 Å². The number of benzene rings is 1. The number of rotatable bonds is 3. The van der Waals surface area contributed by atoms with E-state index >= 15 is 0 Å². The van der Waals surface area contributed by atoms with Gasteiger partial charge in [-0.1, -0.05) is 31.0 Å². The number of likely N-dealkylation sites (tertiary alicyclic amines) is 1. The van der Waals surface area contributed by atoms with E-state index in [4.69, 9.17) is 0 Å². The van der Waals surface area contributed by atoms with Crippen LogP contribution in [0, 0.1) is 0 Å². The van der Waals surface area contributed by atoms with Gasteiger partial charge < -0.3 is 9.47 Å². The Morgan fingerprint density at radius 1 is 1.00 bits per heavy atom. The van der Waals surface area contributed by atoms with Crippen LogP contribution in [0.1, 0.15) is 66.6 Å². The maximum absolute atomic E-state index is 13.4. The summed E-state index contributed by atoms with van der Waals surface area (Å²) in [6.07, 6.45) is 7.40. The average molecular weight is 434 g/mol. The third-order valence-electron chi connectivity index (χ3n) is 7.69. The Labute approximate surface area is 188 Å². The first kappa shape index (κ1) is 19.9. The van der Waals surface area contributed by atoms with Crippen LogP contribution in [0.5, 0.6) is 0 Å². The van der Waals surface area contributed by atoms with Crippen molar-refractivity contribution in [3.8, 4) is 0 Å². The predicted molar refractivity (Wildman–Crippen MR) is 121 cm³/mol. The zero-order valence-electron chi connectivity index (χ0n) is 18.8. The number of amides is 1. The number of fused-ring (bicyclic) bond motifs is 2. The van der Waals surface area contributed by atoms with Gasteiger partial charge in [-0.05, 0) is 31.7 Å². The van der Waals surface area contributed by atoms with Crippen LogP contribution in [0.15, 0.2) is 24.3 Å². The number of hydrogen-bond acceptors (Lipinski definition) is 5. The number of nitrogens with zero attached hydrogens (tertiary/aromatic N) is 7. The highest BCUT2D eigenvalue weighted by Crippen LogP contribution is 2.31. The molecule has 6 rings (SSSR count). The third kappa shape index (κ3) is 3.32. The van der Waals surface area contributed by atoms with Crippen LogP contribution in [-0.2, 0) is 20.1 Å². The van der Waals surface area contributed by atoms with Crippen LogP contribution in [0.3, 0.4) is 0 Å². The van der Waals surface area contributed by atoms with Crippen LogP contribution < -0.4 is 0 Å². The van der Waals surface area contributed by atoms with Crippen molar-refractivity contribution in [3.05, 3.63) is 41.6 Å². The van der Waals surface area contributed by atoms with E-state index in [9.17, 15) is 4.79 Å². The summed E-state index contributed by atoms with van der Waals surface area (Å²) < 4.78 is 4.13. The maximum atomic E-state index is 13.4. The lowest BCUT2D eigenvalue weighted by Crippen LogP contribution is -2.42. The Morgan fingerprint density at radius 3 is 2.72 bits per heavy atom. The van der Waals surface area contributed by atoms with Gasteiger partial charge in [-0.3, -0.25) is 14.4 Å². The third-order valence-corrected chi connectivity index (χ3v) is 7.69. The smallest absolute Gasteiger partial charge is 0.275 e. The van der Waals surface area contributed by atoms with Crippen LogP contribution >= 0.6 is 0 Å². The van der Waals surface area contributed by atoms with Crippen molar-refractivity contribution in [2.75, 3.05) is 19.6 Å². The molecule has 2 fully saturated rings. The van der Waals surface area contributed by atoms with Gasteiger partial charge in [-0.2, -0.15) is 5.10 Å². The van der Waals surface area contributed by atoms with Gasteiger partial charge in [0, 0.05) is 50.6 Å². The van der Waals surface area contributed by atoms with Crippen molar-refractivity contribution in [1.29, 1.82) is 0 Å². The lowest BCUT2D eigenvalue weighted by atomic mass is 9.96. The molecule has 168 valence electrons. The molecule has 0 radical (unpaired) electrons. The fraction of sp³-hybridized carbons (Fsp3) is 0.583. The van der Waals surface area contributed by atoms with Crippen molar-refractivity contribution >= 4 is 16.8 Å². The molecule has 0 bridgehead atoms. The molecule has 2 aromatic heterocycles. The first-order valence-electron chi connectivity index (χ1n) is 12.1. The second kappa shape index (κ2) is 7.99. The number of carbonyl (C=O) groups is 1. The number of carbonyl (C=O) groups excluding carboxylic acids is 1. The van der Waals surface area contributed by atoms with E-state index in [1.165, 1.54) is 25.7 Å². The molecule has 4 heterocycles. The highest BCUT2D eigenvalue weighted by Gasteiger charge is 2.33. The number of aromatic nitrogens is 5. The summed E-state index contributed by atoms with van der Waals surface area (Å²) in [7, 11) is 1.90. The second-order valence-corrected chi connectivity index (χ2v) is 9.61. The summed E-state index contributed by atoms with van der Waals surface area (Å²) >= 11 is 0. The van der Waals surface area contributed by atoms with Crippen molar-refractivity contribution in [1.82, 2.24) is 34.3 Å². The maximum Gasteiger partial charge on any atom is 0.275 e. The molecule has 1 saturated carbocycles. The lowest BCUT2D eigenvalue weighted by Gasteiger charge is -2.35. The van der Waals surface area contributed by atoms with E-state index in [2.05, 4.69) is 24.8 Å². The van der Waals surface area contributed by atoms with Crippen LogP contribution in [-0.4, -0.2) is 65.9 Å². The van der Waals surface area contributed by atoms with Crippen molar-refractivity contribution < 1.29 is 4.79 Å². The minimum absolute atomic E-state index is 0.0253. The Balaban J connectivity index is 1.21. The van der Waals surface area contributed by atoms with Gasteiger partial charge in [0.2, 0.25) is 0 Å². The molecule has 1 aromatic carbocycles. The second-order valence-electron chi connectivity index (χ2n) is 9.61. The average Bonchev–Trinajstić information content (AvgIpc) is 3.58. The molecule has 8 nitrogen and oxygen atoms in total. The van der Waals surface area contributed by atoms with Crippen LogP contribution in [0.2, 0.25) is 0 Å². The van der Waals surface area contributed by atoms with Gasteiger partial charge >= 0.3 is 0 Å². The van der Waals surface area contributed by atoms with Gasteiger partial charge in [0.25, 0.3) is 5.91 Å². The molecule has 0 N–H and O–H groups in total. The molecule has 3 aliphatic rings. The van der Waals surface area contributed by atoms with E-state index in [1.54, 1.807) is 4.68 Å². The molecule has 3 aromatic rings. The van der Waals surface area contributed by atoms with E-state index in [0.29, 0.717) is 12.2 Å². The van der Waals surface area contributed by atoms with Gasteiger partial charge in [0.1, 0.15) is 11.6 Å². The SMILES string of the molecule is Cn1nc(C(=O)N2CCCC(c3nnc4n3CCN(C3CCCC3)C4)C2)c2ccccc21. The summed E-state index contributed by atoms with van der Waals surface area (Å²) in [5, 5.41) is 14.7. The van der Waals surface area contributed by atoms with Gasteiger partial charge in [-0.15, -0.1) is 10.2 Å². The molecule has 1 saturated heterocycles. The van der Waals surface area contributed by atoms with E-state index in [-0.39, 0.29) is 11.8 Å². The summed E-state index contributed by atoms with van der Waals surface area (Å²) in [4.78, 5) is 18.0. The molecule has 1 unspecified atom stereocenters. The highest BCUT2D eigenvalue weighted by molar-refractivity contribution is 6.04. The number of piperidine rings is 1. The zero-order valence-corrected chi connectivity index (χ0v) is 18.8. The Hall–Kier alpha value is -2.74. The zero-order chi connectivity index (χ0) is 21.7. The standard InChI is InChI=1S/C24H31N7O/c1-28-20-11-5-4-10-19(20)22(27-28)24(32)30-12-6-7-17(15-30)23-26-25-21-16-29(13-14-31(21)23)18-8-2-3-9-18/h4-5,10-11,17-18H,2-3,6-9,12-16H2,1H3. The molecular formula is C24H31N7O. The molecule has 1 amide bonds. The topological polar surface area (TPSA) is 72.1 Å². The molecule has 0 spiro atoms. The van der Waals surface area contributed by atoms with Crippen molar-refractivity contribution in [2.24, 2.45) is 7.05 Å². The highest BCUT2D eigenvalue weighted by atomic mass is 16.2. The molecule has 32 heavy (non-hydrogen) atoms. The monoisotopic (exact) mass is 433 g/mol. The van der Waals surface area contributed by atoms with Gasteiger partial charge in [-0.25, -0.2) is 0 Å². The predicted octanol–water partition coefficient (Wildman–Crippen LogP) is 2.94. The van der Waals surface area contributed by atoms with E-state index in [1.807, 2.05) is 36.2 Å². The molecule has 1 aliphatic carbocycles. The fourth-order valence-electron chi connectivity index (χ4n) is 5.98. The van der Waals surface area contributed by atoms with Crippen molar-refractivity contribution in [3.63, 3.8) is 0 Å². The summed E-state index contributed by atoms with van der Waals surface area (Å²) in [5.41, 5.74) is 1.54. The number of aryl methyl sites for hydroxylation is 1. The summed E-state index contributed by atoms with van der Waals surface area (Å²) in [6, 6.07) is 8.67.